The van der Waals surface area contributed by atoms with Crippen LogP contribution >= 0.6 is 11.6 Å². The van der Waals surface area contributed by atoms with Gasteiger partial charge in [-0.25, -0.2) is 0 Å². The van der Waals surface area contributed by atoms with Gasteiger partial charge in [-0.1, -0.05) is 41.9 Å². The number of halogens is 1. The Kier molecular flexibility index (Phi) is 4.66. The van der Waals surface area contributed by atoms with Gasteiger partial charge in [-0.05, 0) is 19.4 Å². The van der Waals surface area contributed by atoms with Crippen molar-refractivity contribution in [2.75, 3.05) is 5.32 Å². The third-order valence-corrected chi connectivity index (χ3v) is 3.98. The molecule has 0 aliphatic carbocycles. The molecule has 0 spiro atoms. The number of aromatic nitrogens is 4. The summed E-state index contributed by atoms with van der Waals surface area (Å²) in [6.45, 7) is 5.07. The fourth-order valence-corrected chi connectivity index (χ4v) is 2.72. The normalized spacial score (nSPS) is 10.8. The minimum absolute atomic E-state index is 0.316. The minimum Gasteiger partial charge on any atom is -0.304 e. The quantitative estimate of drug-likeness (QED) is 0.772. The summed E-state index contributed by atoms with van der Waals surface area (Å²) in [5.74, 6) is 0.178. The lowest BCUT2D eigenvalue weighted by Gasteiger charge is -2.06. The lowest BCUT2D eigenvalue weighted by atomic mass is 10.2. The summed E-state index contributed by atoms with van der Waals surface area (Å²) in [5.41, 5.74) is 2.45. The standard InChI is InChI=1S/C17H18ClN5O/c1-3-22-16(14(18)10-19-22)17(24)20-15-9-12(2)23(21-15)11-13-7-5-4-6-8-13/h4-10H,3,11H2,1-2H3,(H,20,21,24). The summed E-state index contributed by atoms with van der Waals surface area (Å²) < 4.78 is 3.41. The Hall–Kier alpha value is -2.60. The smallest absolute Gasteiger partial charge is 0.276 e. The molecule has 3 aromatic rings. The third-order valence-electron chi connectivity index (χ3n) is 3.71. The Balaban J connectivity index is 1.78. The number of benzene rings is 1. The molecule has 1 amide bonds. The van der Waals surface area contributed by atoms with E-state index in [0.717, 1.165) is 11.3 Å². The van der Waals surface area contributed by atoms with Gasteiger partial charge >= 0.3 is 0 Å². The topological polar surface area (TPSA) is 64.7 Å². The van der Waals surface area contributed by atoms with E-state index in [4.69, 9.17) is 11.6 Å². The summed E-state index contributed by atoms with van der Waals surface area (Å²) in [4.78, 5) is 12.4. The minimum atomic E-state index is -0.316. The van der Waals surface area contributed by atoms with Crippen LogP contribution in [0.4, 0.5) is 5.82 Å². The van der Waals surface area contributed by atoms with Crippen LogP contribution in [-0.4, -0.2) is 25.5 Å². The van der Waals surface area contributed by atoms with Crippen LogP contribution in [0.1, 0.15) is 28.7 Å². The Morgan fingerprint density at radius 1 is 1.25 bits per heavy atom. The summed E-state index contributed by atoms with van der Waals surface area (Å²) >= 11 is 6.06. The highest BCUT2D eigenvalue weighted by atomic mass is 35.5. The molecule has 2 heterocycles. The van der Waals surface area contributed by atoms with E-state index in [-0.39, 0.29) is 5.91 Å². The Morgan fingerprint density at radius 2 is 2.00 bits per heavy atom. The zero-order valence-corrected chi connectivity index (χ0v) is 14.3. The molecule has 6 nitrogen and oxygen atoms in total. The van der Waals surface area contributed by atoms with Crippen molar-refractivity contribution >= 4 is 23.3 Å². The number of aryl methyl sites for hydroxylation is 2. The first-order valence-corrected chi connectivity index (χ1v) is 8.07. The molecule has 1 aromatic carbocycles. The molecule has 124 valence electrons. The number of hydrogen-bond acceptors (Lipinski definition) is 3. The molecule has 3 rings (SSSR count). The number of nitrogens with zero attached hydrogens (tertiary/aromatic N) is 4. The average molecular weight is 344 g/mol. The zero-order chi connectivity index (χ0) is 17.1. The van der Waals surface area contributed by atoms with Crippen molar-refractivity contribution in [3.05, 3.63) is 64.6 Å². The summed E-state index contributed by atoms with van der Waals surface area (Å²) in [6.07, 6.45) is 1.47. The highest BCUT2D eigenvalue weighted by Crippen LogP contribution is 2.18. The predicted octanol–water partition coefficient (Wildman–Crippen LogP) is 3.36. The highest BCUT2D eigenvalue weighted by Gasteiger charge is 2.18. The van der Waals surface area contributed by atoms with Crippen LogP contribution in [0.15, 0.2) is 42.6 Å². The predicted molar refractivity (Wildman–Crippen MR) is 93.4 cm³/mol. The average Bonchev–Trinajstić information content (AvgIpc) is 3.11. The third kappa shape index (κ3) is 3.33. The van der Waals surface area contributed by atoms with Crippen molar-refractivity contribution in [3.8, 4) is 0 Å². The van der Waals surface area contributed by atoms with Gasteiger partial charge < -0.3 is 5.32 Å². The van der Waals surface area contributed by atoms with E-state index in [0.29, 0.717) is 29.6 Å². The van der Waals surface area contributed by atoms with E-state index >= 15 is 0 Å². The number of hydrogen-bond donors (Lipinski definition) is 1. The van der Waals surface area contributed by atoms with Crippen molar-refractivity contribution < 1.29 is 4.79 Å². The Bertz CT molecular complexity index is 853. The van der Waals surface area contributed by atoms with Gasteiger partial charge in [-0.2, -0.15) is 10.2 Å². The van der Waals surface area contributed by atoms with Crippen LogP contribution in [0.3, 0.4) is 0 Å². The second-order valence-corrected chi connectivity index (χ2v) is 5.83. The molecule has 0 saturated carbocycles. The van der Waals surface area contributed by atoms with Gasteiger partial charge in [0.05, 0.1) is 17.8 Å². The van der Waals surface area contributed by atoms with E-state index in [2.05, 4.69) is 15.5 Å². The number of nitrogens with one attached hydrogen (secondary N) is 1. The van der Waals surface area contributed by atoms with Crippen molar-refractivity contribution in [2.45, 2.75) is 26.9 Å². The Labute approximate surface area is 145 Å². The summed E-state index contributed by atoms with van der Waals surface area (Å²) in [5, 5.41) is 11.6. The van der Waals surface area contributed by atoms with Crippen molar-refractivity contribution in [1.82, 2.24) is 19.6 Å². The van der Waals surface area contributed by atoms with Crippen LogP contribution in [-0.2, 0) is 13.1 Å². The largest absolute Gasteiger partial charge is 0.304 e. The van der Waals surface area contributed by atoms with Crippen LogP contribution in [0.2, 0.25) is 5.02 Å². The van der Waals surface area contributed by atoms with Crippen LogP contribution < -0.4 is 5.32 Å². The molecule has 2 aromatic heterocycles. The maximum absolute atomic E-state index is 12.4. The number of carbonyl (C=O) groups excluding carboxylic acids is 1. The van der Waals surface area contributed by atoms with Crippen molar-refractivity contribution in [2.24, 2.45) is 0 Å². The molecular weight excluding hydrogens is 326 g/mol. The van der Waals surface area contributed by atoms with Gasteiger partial charge in [0.2, 0.25) is 0 Å². The fraction of sp³-hybridized carbons (Fsp3) is 0.235. The number of carbonyl (C=O) groups is 1. The first-order valence-electron chi connectivity index (χ1n) is 7.69. The SMILES string of the molecule is CCn1ncc(Cl)c1C(=O)Nc1cc(C)n(Cc2ccccc2)n1. The van der Waals surface area contributed by atoms with Gasteiger partial charge in [-0.3, -0.25) is 14.2 Å². The van der Waals surface area contributed by atoms with Crippen LogP contribution in [0.25, 0.3) is 0 Å². The maximum Gasteiger partial charge on any atom is 0.276 e. The van der Waals surface area contributed by atoms with E-state index in [9.17, 15) is 4.79 Å². The lowest BCUT2D eigenvalue weighted by Crippen LogP contribution is -2.18. The molecular formula is C17H18ClN5O. The number of anilines is 1. The molecule has 0 unspecified atom stereocenters. The second-order valence-electron chi connectivity index (χ2n) is 5.43. The molecule has 0 radical (unpaired) electrons. The van der Waals surface area contributed by atoms with E-state index in [1.54, 1.807) is 4.68 Å². The molecule has 0 fully saturated rings. The van der Waals surface area contributed by atoms with Crippen LogP contribution in [0, 0.1) is 6.92 Å². The molecule has 0 atom stereocenters. The van der Waals surface area contributed by atoms with Gasteiger partial charge in [0.25, 0.3) is 5.91 Å². The highest BCUT2D eigenvalue weighted by molar-refractivity contribution is 6.34. The molecule has 0 aliphatic rings. The van der Waals surface area contributed by atoms with Crippen molar-refractivity contribution in [1.29, 1.82) is 0 Å². The molecule has 7 heteroatoms. The monoisotopic (exact) mass is 343 g/mol. The van der Waals surface area contributed by atoms with Crippen LogP contribution in [0.5, 0.6) is 0 Å². The second kappa shape index (κ2) is 6.88. The Morgan fingerprint density at radius 3 is 2.71 bits per heavy atom. The zero-order valence-electron chi connectivity index (χ0n) is 13.5. The van der Waals surface area contributed by atoms with E-state index in [1.165, 1.54) is 6.20 Å². The lowest BCUT2D eigenvalue weighted by molar-refractivity contribution is 0.101. The first-order chi connectivity index (χ1) is 11.6. The maximum atomic E-state index is 12.4. The fourth-order valence-electron chi connectivity index (χ4n) is 2.49. The molecule has 0 saturated heterocycles. The van der Waals surface area contributed by atoms with Gasteiger partial charge in [-0.15, -0.1) is 0 Å². The molecule has 1 N–H and O–H groups in total. The van der Waals surface area contributed by atoms with Crippen molar-refractivity contribution in [3.63, 3.8) is 0 Å². The molecule has 24 heavy (non-hydrogen) atoms. The van der Waals surface area contributed by atoms with Gasteiger partial charge in [0.15, 0.2) is 5.82 Å². The molecule has 0 bridgehead atoms. The number of rotatable bonds is 5. The van der Waals surface area contributed by atoms with E-state index < -0.39 is 0 Å². The van der Waals surface area contributed by atoms with Gasteiger partial charge in [0, 0.05) is 18.3 Å². The summed E-state index contributed by atoms with van der Waals surface area (Å²) in [7, 11) is 0. The summed E-state index contributed by atoms with van der Waals surface area (Å²) in [6, 6.07) is 11.9. The molecule has 0 aliphatic heterocycles. The van der Waals surface area contributed by atoms with Gasteiger partial charge in [0.1, 0.15) is 5.69 Å². The number of amides is 1. The van der Waals surface area contributed by atoms with E-state index in [1.807, 2.05) is 54.9 Å². The first kappa shape index (κ1) is 16.3.